The molecule has 1 heterocycles. The molecule has 2 aliphatic rings. The van der Waals surface area contributed by atoms with Gasteiger partial charge in [0.05, 0.1) is 0 Å². The molecule has 0 radical (unpaired) electrons. The van der Waals surface area contributed by atoms with Crippen molar-refractivity contribution in [3.63, 3.8) is 0 Å². The Morgan fingerprint density at radius 1 is 1.29 bits per heavy atom. The Balaban J connectivity index is 1.91. The van der Waals surface area contributed by atoms with Crippen molar-refractivity contribution in [1.82, 2.24) is 10.2 Å². The van der Waals surface area contributed by atoms with Crippen molar-refractivity contribution in [1.29, 1.82) is 0 Å². The second kappa shape index (κ2) is 8.21. The summed E-state index contributed by atoms with van der Waals surface area (Å²) in [4.78, 5) is 2.76. The summed E-state index contributed by atoms with van der Waals surface area (Å²) >= 11 is 2.19. The lowest BCUT2D eigenvalue weighted by molar-refractivity contribution is 0.101. The summed E-state index contributed by atoms with van der Waals surface area (Å²) in [5, 5.41) is 4.71. The second-order valence-corrected chi connectivity index (χ2v) is 9.30. The van der Waals surface area contributed by atoms with Gasteiger partial charge in [0.15, 0.2) is 0 Å². The van der Waals surface area contributed by atoms with E-state index in [0.717, 1.165) is 17.2 Å². The smallest absolute Gasteiger partial charge is 0.0172 e. The topological polar surface area (TPSA) is 15.3 Å². The average Bonchev–Trinajstić information content (AvgIpc) is 2.46. The first-order chi connectivity index (χ1) is 10.0. The van der Waals surface area contributed by atoms with Crippen molar-refractivity contribution in [2.75, 3.05) is 31.9 Å². The van der Waals surface area contributed by atoms with Crippen molar-refractivity contribution >= 4 is 11.8 Å². The van der Waals surface area contributed by atoms with Crippen LogP contribution in [0.5, 0.6) is 0 Å². The molecule has 3 atom stereocenters. The molecule has 3 unspecified atom stereocenters. The van der Waals surface area contributed by atoms with Gasteiger partial charge in [0, 0.05) is 36.7 Å². The fourth-order valence-electron chi connectivity index (χ4n) is 4.05. The van der Waals surface area contributed by atoms with Gasteiger partial charge < -0.3 is 10.2 Å². The minimum atomic E-state index is 0.545. The minimum Gasteiger partial charge on any atom is -0.314 e. The Hall–Kier alpha value is 0.270. The average molecular weight is 313 g/mol. The number of nitrogens with one attached hydrogen (secondary N) is 1. The molecule has 1 saturated carbocycles. The zero-order chi connectivity index (χ0) is 15.3. The molecule has 2 fully saturated rings. The molecule has 2 rings (SSSR count). The van der Waals surface area contributed by atoms with Crippen LogP contribution >= 0.6 is 11.8 Å². The highest BCUT2D eigenvalue weighted by Gasteiger charge is 2.35. The maximum atomic E-state index is 3.84. The highest BCUT2D eigenvalue weighted by molar-refractivity contribution is 8.00. The summed E-state index contributed by atoms with van der Waals surface area (Å²) in [6.07, 6.45) is 6.74. The van der Waals surface area contributed by atoms with Gasteiger partial charge in [-0.25, -0.2) is 0 Å². The quantitative estimate of drug-likeness (QED) is 0.798. The third-order valence-electron chi connectivity index (χ3n) is 5.34. The summed E-state index contributed by atoms with van der Waals surface area (Å²) in [6, 6.07) is 0.757. The van der Waals surface area contributed by atoms with Crippen molar-refractivity contribution < 1.29 is 0 Å². The van der Waals surface area contributed by atoms with Crippen LogP contribution in [0.4, 0.5) is 0 Å². The predicted octanol–water partition coefficient (Wildman–Crippen LogP) is 4.01. The SMILES string of the molecule is CCCNC1CCC(C)(C)CC1CN1CCSC(CC)C1. The Morgan fingerprint density at radius 2 is 2.10 bits per heavy atom. The van der Waals surface area contributed by atoms with Crippen LogP contribution in [0, 0.1) is 11.3 Å². The van der Waals surface area contributed by atoms with Crippen molar-refractivity contribution in [3.05, 3.63) is 0 Å². The molecule has 1 saturated heterocycles. The Morgan fingerprint density at radius 3 is 2.81 bits per heavy atom. The van der Waals surface area contributed by atoms with Crippen LogP contribution in [-0.2, 0) is 0 Å². The van der Waals surface area contributed by atoms with E-state index in [4.69, 9.17) is 0 Å². The normalized spacial score (nSPS) is 34.0. The second-order valence-electron chi connectivity index (χ2n) is 7.89. The van der Waals surface area contributed by atoms with Gasteiger partial charge in [-0.15, -0.1) is 0 Å². The largest absolute Gasteiger partial charge is 0.314 e. The highest BCUT2D eigenvalue weighted by atomic mass is 32.2. The highest BCUT2D eigenvalue weighted by Crippen LogP contribution is 2.39. The van der Waals surface area contributed by atoms with Crippen molar-refractivity contribution in [2.45, 2.75) is 71.1 Å². The lowest BCUT2D eigenvalue weighted by Crippen LogP contribution is -2.49. The number of hydrogen-bond acceptors (Lipinski definition) is 3. The van der Waals surface area contributed by atoms with Gasteiger partial charge in [-0.2, -0.15) is 11.8 Å². The molecule has 2 nitrogen and oxygen atoms in total. The standard InChI is InChI=1S/C18H36N2S/c1-5-9-19-17-7-8-18(3,4)12-15(17)13-20-10-11-21-16(6-2)14-20/h15-17,19H,5-14H2,1-4H3. The minimum absolute atomic E-state index is 0.545. The van der Waals surface area contributed by atoms with Gasteiger partial charge in [0.25, 0.3) is 0 Å². The molecule has 3 heteroatoms. The van der Waals surface area contributed by atoms with Crippen molar-refractivity contribution in [3.8, 4) is 0 Å². The molecule has 1 aliphatic carbocycles. The maximum Gasteiger partial charge on any atom is 0.0172 e. The lowest BCUT2D eigenvalue weighted by atomic mass is 9.69. The molecule has 0 aromatic carbocycles. The Bertz CT molecular complexity index is 306. The number of rotatable bonds is 6. The molecule has 0 bridgehead atoms. The zero-order valence-electron chi connectivity index (χ0n) is 14.7. The molecule has 21 heavy (non-hydrogen) atoms. The van der Waals surface area contributed by atoms with Gasteiger partial charge in [0.2, 0.25) is 0 Å². The first-order valence-electron chi connectivity index (χ1n) is 9.11. The first kappa shape index (κ1) is 17.6. The molecule has 1 N–H and O–H groups in total. The first-order valence-corrected chi connectivity index (χ1v) is 10.2. The molecule has 0 aromatic heterocycles. The Labute approximate surface area is 136 Å². The van der Waals surface area contributed by atoms with Crippen LogP contribution in [0.2, 0.25) is 0 Å². The van der Waals surface area contributed by atoms with Crippen LogP contribution in [-0.4, -0.2) is 48.1 Å². The van der Waals surface area contributed by atoms with E-state index in [9.17, 15) is 0 Å². The number of thioether (sulfide) groups is 1. The fraction of sp³-hybridized carbons (Fsp3) is 1.00. The van der Waals surface area contributed by atoms with Gasteiger partial charge in [-0.05, 0) is 50.0 Å². The van der Waals surface area contributed by atoms with Crippen LogP contribution < -0.4 is 5.32 Å². The third kappa shape index (κ3) is 5.44. The van der Waals surface area contributed by atoms with Gasteiger partial charge in [0.1, 0.15) is 0 Å². The van der Waals surface area contributed by atoms with Crippen LogP contribution in [0.3, 0.4) is 0 Å². The summed E-state index contributed by atoms with van der Waals surface area (Å²) < 4.78 is 0. The molecule has 0 spiro atoms. The van der Waals surface area contributed by atoms with E-state index in [1.807, 2.05) is 0 Å². The van der Waals surface area contributed by atoms with E-state index in [1.165, 1.54) is 64.0 Å². The molecular weight excluding hydrogens is 276 g/mol. The zero-order valence-corrected chi connectivity index (χ0v) is 15.5. The molecule has 124 valence electrons. The van der Waals surface area contributed by atoms with Gasteiger partial charge in [-0.1, -0.05) is 27.7 Å². The molecule has 0 aromatic rings. The Kier molecular flexibility index (Phi) is 6.89. The van der Waals surface area contributed by atoms with E-state index in [-0.39, 0.29) is 0 Å². The summed E-state index contributed by atoms with van der Waals surface area (Å²) in [5.74, 6) is 2.18. The molecule has 1 aliphatic heterocycles. The summed E-state index contributed by atoms with van der Waals surface area (Å²) in [5.41, 5.74) is 0.545. The van der Waals surface area contributed by atoms with E-state index >= 15 is 0 Å². The predicted molar refractivity (Wildman–Crippen MR) is 96.2 cm³/mol. The van der Waals surface area contributed by atoms with Crippen LogP contribution in [0.15, 0.2) is 0 Å². The van der Waals surface area contributed by atoms with Gasteiger partial charge in [-0.3, -0.25) is 0 Å². The summed E-state index contributed by atoms with van der Waals surface area (Å²) in [6.45, 7) is 14.7. The van der Waals surface area contributed by atoms with E-state index in [1.54, 1.807) is 0 Å². The van der Waals surface area contributed by atoms with Gasteiger partial charge >= 0.3 is 0 Å². The monoisotopic (exact) mass is 312 g/mol. The lowest BCUT2D eigenvalue weighted by Gasteiger charge is -2.44. The van der Waals surface area contributed by atoms with E-state index < -0.39 is 0 Å². The number of hydrogen-bond donors (Lipinski definition) is 1. The van der Waals surface area contributed by atoms with Crippen LogP contribution in [0.25, 0.3) is 0 Å². The third-order valence-corrected chi connectivity index (χ3v) is 6.72. The summed E-state index contributed by atoms with van der Waals surface area (Å²) in [7, 11) is 0. The molecular formula is C18H36N2S. The molecule has 0 amide bonds. The number of nitrogens with zero attached hydrogens (tertiary/aromatic N) is 1. The fourth-order valence-corrected chi connectivity index (χ4v) is 5.30. The van der Waals surface area contributed by atoms with E-state index in [0.29, 0.717) is 5.41 Å². The van der Waals surface area contributed by atoms with Crippen molar-refractivity contribution in [2.24, 2.45) is 11.3 Å². The van der Waals surface area contributed by atoms with Crippen LogP contribution in [0.1, 0.15) is 59.8 Å². The van der Waals surface area contributed by atoms with E-state index in [2.05, 4.69) is 49.7 Å². The maximum absolute atomic E-state index is 3.84.